The fourth-order valence-electron chi connectivity index (χ4n) is 3.08. The molecule has 94 valence electrons. The summed E-state index contributed by atoms with van der Waals surface area (Å²) in [5, 5.41) is 0. The van der Waals surface area contributed by atoms with Gasteiger partial charge in [-0.3, -0.25) is 0 Å². The van der Waals surface area contributed by atoms with E-state index in [2.05, 4.69) is 23.9 Å². The Balaban J connectivity index is 1.68. The lowest BCUT2D eigenvalue weighted by atomic mass is 9.77. The Kier molecular flexibility index (Phi) is 3.88. The van der Waals surface area contributed by atoms with E-state index >= 15 is 0 Å². The molecule has 1 saturated carbocycles. The fraction of sp³-hybridized carbons (Fsp3) is 1.00. The predicted molar refractivity (Wildman–Crippen MR) is 68.5 cm³/mol. The van der Waals surface area contributed by atoms with Gasteiger partial charge in [-0.15, -0.1) is 0 Å². The topological polar surface area (TPSA) is 32.5 Å². The van der Waals surface area contributed by atoms with Gasteiger partial charge in [-0.2, -0.15) is 0 Å². The third-order valence-electron chi connectivity index (χ3n) is 4.34. The first kappa shape index (κ1) is 12.3. The van der Waals surface area contributed by atoms with Crippen molar-refractivity contribution < 1.29 is 0 Å². The molecule has 0 atom stereocenters. The number of nitrogens with zero attached hydrogens (tertiary/aromatic N) is 2. The highest BCUT2D eigenvalue weighted by molar-refractivity contribution is 4.95. The second-order valence-electron chi connectivity index (χ2n) is 6.16. The molecule has 2 rings (SSSR count). The summed E-state index contributed by atoms with van der Waals surface area (Å²) in [7, 11) is 4.47. The minimum absolute atomic E-state index is 0.153. The lowest BCUT2D eigenvalue weighted by molar-refractivity contribution is 0.128. The second-order valence-corrected chi connectivity index (χ2v) is 6.16. The first-order valence-corrected chi connectivity index (χ1v) is 6.73. The van der Waals surface area contributed by atoms with Crippen LogP contribution in [0.15, 0.2) is 0 Å². The highest BCUT2D eigenvalue weighted by Gasteiger charge is 2.33. The smallest absolute Gasteiger partial charge is 0.0283 e. The molecule has 1 heterocycles. The molecule has 0 bridgehead atoms. The van der Waals surface area contributed by atoms with Gasteiger partial charge in [0.2, 0.25) is 0 Å². The molecule has 1 aliphatic carbocycles. The average Bonchev–Trinajstić information content (AvgIpc) is 2.19. The van der Waals surface area contributed by atoms with Crippen LogP contribution in [0.4, 0.5) is 0 Å². The van der Waals surface area contributed by atoms with Crippen molar-refractivity contribution in [3.8, 4) is 0 Å². The van der Waals surface area contributed by atoms with E-state index in [4.69, 9.17) is 5.73 Å². The Morgan fingerprint density at radius 1 is 1.31 bits per heavy atom. The summed E-state index contributed by atoms with van der Waals surface area (Å²) in [5.74, 6) is 0.893. The van der Waals surface area contributed by atoms with Gasteiger partial charge in [-0.25, -0.2) is 0 Å². The lowest BCUT2D eigenvalue weighted by Gasteiger charge is -2.42. The molecule has 1 saturated heterocycles. The van der Waals surface area contributed by atoms with Crippen LogP contribution in [0.25, 0.3) is 0 Å². The van der Waals surface area contributed by atoms with Crippen LogP contribution in [-0.4, -0.2) is 55.6 Å². The standard InChI is InChI=1S/C13H27N3/c1-15-8-4-12(5-9-15)10-16(2)11-13(14)6-3-7-13/h12H,3-11,14H2,1-2H3. The van der Waals surface area contributed by atoms with Crippen molar-refractivity contribution >= 4 is 0 Å². The molecule has 2 aliphatic rings. The zero-order valence-corrected chi connectivity index (χ0v) is 10.9. The van der Waals surface area contributed by atoms with Gasteiger partial charge < -0.3 is 15.5 Å². The van der Waals surface area contributed by atoms with E-state index in [1.165, 1.54) is 51.7 Å². The summed E-state index contributed by atoms with van der Waals surface area (Å²) in [6.45, 7) is 4.88. The molecular weight excluding hydrogens is 198 g/mol. The maximum atomic E-state index is 6.28. The number of nitrogens with two attached hydrogens (primary N) is 1. The maximum absolute atomic E-state index is 6.28. The van der Waals surface area contributed by atoms with Crippen molar-refractivity contribution in [2.24, 2.45) is 11.7 Å². The van der Waals surface area contributed by atoms with Crippen molar-refractivity contribution in [2.75, 3.05) is 40.3 Å². The largest absolute Gasteiger partial charge is 0.324 e. The minimum atomic E-state index is 0.153. The number of piperidine rings is 1. The zero-order chi connectivity index (χ0) is 11.6. The van der Waals surface area contributed by atoms with Gasteiger partial charge in [0.25, 0.3) is 0 Å². The van der Waals surface area contributed by atoms with Crippen LogP contribution >= 0.6 is 0 Å². The van der Waals surface area contributed by atoms with Crippen LogP contribution in [0.2, 0.25) is 0 Å². The molecule has 1 aliphatic heterocycles. The van der Waals surface area contributed by atoms with Crippen LogP contribution in [0.1, 0.15) is 32.1 Å². The fourth-order valence-corrected chi connectivity index (χ4v) is 3.08. The molecule has 0 amide bonds. The first-order chi connectivity index (χ1) is 7.57. The van der Waals surface area contributed by atoms with Gasteiger partial charge in [0.05, 0.1) is 0 Å². The Morgan fingerprint density at radius 2 is 1.94 bits per heavy atom. The molecule has 0 aromatic rings. The van der Waals surface area contributed by atoms with Gasteiger partial charge in [-0.05, 0) is 65.2 Å². The number of hydrogen-bond acceptors (Lipinski definition) is 3. The van der Waals surface area contributed by atoms with Crippen molar-refractivity contribution in [3.63, 3.8) is 0 Å². The lowest BCUT2D eigenvalue weighted by Crippen LogP contribution is -2.55. The van der Waals surface area contributed by atoms with Crippen molar-refractivity contribution in [1.82, 2.24) is 9.80 Å². The molecule has 16 heavy (non-hydrogen) atoms. The Bertz CT molecular complexity index is 217. The highest BCUT2D eigenvalue weighted by atomic mass is 15.1. The average molecular weight is 225 g/mol. The maximum Gasteiger partial charge on any atom is 0.0283 e. The molecule has 0 aromatic carbocycles. The number of hydrogen-bond donors (Lipinski definition) is 1. The zero-order valence-electron chi connectivity index (χ0n) is 10.9. The summed E-state index contributed by atoms with van der Waals surface area (Å²) in [6, 6.07) is 0. The van der Waals surface area contributed by atoms with Crippen molar-refractivity contribution in [1.29, 1.82) is 0 Å². The molecular formula is C13H27N3. The van der Waals surface area contributed by atoms with Crippen LogP contribution in [-0.2, 0) is 0 Å². The quantitative estimate of drug-likeness (QED) is 0.779. The summed E-state index contributed by atoms with van der Waals surface area (Å²) in [4.78, 5) is 4.90. The molecule has 2 N–H and O–H groups in total. The van der Waals surface area contributed by atoms with Crippen LogP contribution in [0.5, 0.6) is 0 Å². The molecule has 0 radical (unpaired) electrons. The molecule has 2 fully saturated rings. The molecule has 0 aromatic heterocycles. The van der Waals surface area contributed by atoms with Crippen molar-refractivity contribution in [2.45, 2.75) is 37.6 Å². The molecule has 3 heteroatoms. The normalized spacial score (nSPS) is 27.0. The number of likely N-dealkylation sites (tertiary alicyclic amines) is 1. The Labute approximate surface area is 100.0 Å². The van der Waals surface area contributed by atoms with Crippen molar-refractivity contribution in [3.05, 3.63) is 0 Å². The third kappa shape index (κ3) is 3.19. The van der Waals surface area contributed by atoms with E-state index in [9.17, 15) is 0 Å². The van der Waals surface area contributed by atoms with Crippen LogP contribution in [0.3, 0.4) is 0 Å². The summed E-state index contributed by atoms with van der Waals surface area (Å²) < 4.78 is 0. The van der Waals surface area contributed by atoms with Gasteiger partial charge >= 0.3 is 0 Å². The number of rotatable bonds is 4. The molecule has 0 unspecified atom stereocenters. The van der Waals surface area contributed by atoms with E-state index in [1.807, 2.05) is 0 Å². The first-order valence-electron chi connectivity index (χ1n) is 6.73. The van der Waals surface area contributed by atoms with Crippen LogP contribution in [0, 0.1) is 5.92 Å². The molecule has 0 spiro atoms. The van der Waals surface area contributed by atoms with Crippen LogP contribution < -0.4 is 5.73 Å². The van der Waals surface area contributed by atoms with E-state index in [-0.39, 0.29) is 5.54 Å². The van der Waals surface area contributed by atoms with Gasteiger partial charge in [0.15, 0.2) is 0 Å². The third-order valence-corrected chi connectivity index (χ3v) is 4.34. The summed E-state index contributed by atoms with van der Waals surface area (Å²) in [6.07, 6.45) is 6.50. The Morgan fingerprint density at radius 3 is 2.44 bits per heavy atom. The minimum Gasteiger partial charge on any atom is -0.324 e. The van der Waals surface area contributed by atoms with E-state index in [1.54, 1.807) is 0 Å². The number of likely N-dealkylation sites (N-methyl/N-ethyl adjacent to an activating group) is 1. The van der Waals surface area contributed by atoms with Gasteiger partial charge in [0.1, 0.15) is 0 Å². The van der Waals surface area contributed by atoms with E-state index < -0.39 is 0 Å². The summed E-state index contributed by atoms with van der Waals surface area (Å²) >= 11 is 0. The molecule has 3 nitrogen and oxygen atoms in total. The van der Waals surface area contributed by atoms with E-state index in [0.29, 0.717) is 0 Å². The monoisotopic (exact) mass is 225 g/mol. The second kappa shape index (κ2) is 5.03. The SMILES string of the molecule is CN1CCC(CN(C)CC2(N)CCC2)CC1. The predicted octanol–water partition coefficient (Wildman–Crippen LogP) is 1.14. The Hall–Kier alpha value is -0.120. The van der Waals surface area contributed by atoms with Gasteiger partial charge in [0, 0.05) is 18.6 Å². The van der Waals surface area contributed by atoms with E-state index in [0.717, 1.165) is 12.5 Å². The van der Waals surface area contributed by atoms with Gasteiger partial charge in [-0.1, -0.05) is 0 Å². The summed E-state index contributed by atoms with van der Waals surface area (Å²) in [5.41, 5.74) is 6.43. The highest BCUT2D eigenvalue weighted by Crippen LogP contribution is 2.30.